The van der Waals surface area contributed by atoms with Crippen LogP contribution in [-0.4, -0.2) is 38.9 Å². The minimum Gasteiger partial charge on any atom is -0.383 e. The molecule has 3 N–H and O–H groups in total. The monoisotopic (exact) mass is 478 g/mol. The van der Waals surface area contributed by atoms with Crippen LogP contribution < -0.4 is 10.6 Å². The summed E-state index contributed by atoms with van der Waals surface area (Å²) >= 11 is 1.66. The lowest BCUT2D eigenvalue weighted by atomic mass is 10.00. The van der Waals surface area contributed by atoms with Gasteiger partial charge in [0.15, 0.2) is 5.96 Å². The fourth-order valence-electron chi connectivity index (χ4n) is 2.14. The molecule has 1 unspecified atom stereocenters. The van der Waals surface area contributed by atoms with Crippen molar-refractivity contribution >= 4 is 41.3 Å². The summed E-state index contributed by atoms with van der Waals surface area (Å²) in [5, 5.41) is 24.3. The molecule has 0 saturated heterocycles. The van der Waals surface area contributed by atoms with E-state index in [1.807, 2.05) is 25.5 Å². The van der Waals surface area contributed by atoms with E-state index in [4.69, 9.17) is 0 Å². The first kappa shape index (κ1) is 21.8. The van der Waals surface area contributed by atoms with Gasteiger partial charge >= 0.3 is 0 Å². The lowest BCUT2D eigenvalue weighted by molar-refractivity contribution is 0.0616. The fraction of sp³-hybridized carbons (Fsp3) is 0.562. The van der Waals surface area contributed by atoms with Crippen LogP contribution >= 0.6 is 35.3 Å². The first-order valence-corrected chi connectivity index (χ1v) is 8.99. The zero-order valence-corrected chi connectivity index (χ0v) is 18.3. The predicted octanol–water partition coefficient (Wildman–Crippen LogP) is 2.02. The summed E-state index contributed by atoms with van der Waals surface area (Å²) in [6.45, 7) is 7.46. The molecular formula is C16H27IN6OS. The second-order valence-electron chi connectivity index (χ2n) is 5.81. The highest BCUT2D eigenvalue weighted by atomic mass is 127. The first-order chi connectivity index (χ1) is 11.4. The van der Waals surface area contributed by atoms with Crippen LogP contribution in [-0.2, 0) is 25.6 Å². The molecular weight excluding hydrogens is 451 g/mol. The van der Waals surface area contributed by atoms with Gasteiger partial charge in [-0.1, -0.05) is 6.92 Å². The predicted molar refractivity (Wildman–Crippen MR) is 113 cm³/mol. The Balaban J connectivity index is 0.00000312. The van der Waals surface area contributed by atoms with E-state index in [1.165, 1.54) is 0 Å². The number of halogens is 1. The SMILES string of the molecule is CCNC(=NCc1csc(CC)n1)NCC(C)(O)c1cnn(C)c1.I. The van der Waals surface area contributed by atoms with E-state index in [2.05, 4.69) is 32.6 Å². The Morgan fingerprint density at radius 1 is 1.40 bits per heavy atom. The fourth-order valence-corrected chi connectivity index (χ4v) is 2.88. The van der Waals surface area contributed by atoms with E-state index >= 15 is 0 Å². The highest BCUT2D eigenvalue weighted by Gasteiger charge is 2.24. The van der Waals surface area contributed by atoms with Gasteiger partial charge in [0.1, 0.15) is 5.60 Å². The molecule has 2 rings (SSSR count). The van der Waals surface area contributed by atoms with E-state index in [-0.39, 0.29) is 24.0 Å². The van der Waals surface area contributed by atoms with E-state index in [9.17, 15) is 5.11 Å². The Kier molecular flexibility index (Phi) is 8.80. The van der Waals surface area contributed by atoms with Crippen LogP contribution in [0.25, 0.3) is 0 Å². The van der Waals surface area contributed by atoms with Gasteiger partial charge in [0.25, 0.3) is 0 Å². The summed E-state index contributed by atoms with van der Waals surface area (Å²) in [5.74, 6) is 0.660. The van der Waals surface area contributed by atoms with Gasteiger partial charge in [-0.15, -0.1) is 35.3 Å². The molecule has 0 aliphatic heterocycles. The first-order valence-electron chi connectivity index (χ1n) is 8.11. The number of aryl methyl sites for hydroxylation is 2. The molecule has 0 radical (unpaired) electrons. The average molecular weight is 478 g/mol. The lowest BCUT2D eigenvalue weighted by Gasteiger charge is -2.23. The van der Waals surface area contributed by atoms with Gasteiger partial charge in [-0.05, 0) is 20.3 Å². The van der Waals surface area contributed by atoms with E-state index in [1.54, 1.807) is 29.1 Å². The van der Waals surface area contributed by atoms with Gasteiger partial charge in [-0.25, -0.2) is 9.98 Å². The number of hydrogen-bond acceptors (Lipinski definition) is 5. The van der Waals surface area contributed by atoms with Crippen LogP contribution in [0.4, 0.5) is 0 Å². The normalized spacial score (nSPS) is 13.9. The Morgan fingerprint density at radius 3 is 2.72 bits per heavy atom. The summed E-state index contributed by atoms with van der Waals surface area (Å²) in [5.41, 5.74) is 0.703. The standard InChI is InChI=1S/C16H26N6OS.HI/c1-5-14-21-13(10-24-14)8-18-15(17-6-2)19-11-16(3,23)12-7-20-22(4)9-12;/h7,9-10,23H,5-6,8,11H2,1-4H3,(H2,17,18,19);1H. The van der Waals surface area contributed by atoms with Crippen molar-refractivity contribution in [3.05, 3.63) is 34.0 Å². The number of aliphatic imine (C=N–C) groups is 1. The van der Waals surface area contributed by atoms with Crippen LogP contribution in [0.15, 0.2) is 22.8 Å². The van der Waals surface area contributed by atoms with E-state index in [0.29, 0.717) is 19.0 Å². The number of guanidine groups is 1. The Hall–Kier alpha value is -1.20. The molecule has 0 amide bonds. The largest absolute Gasteiger partial charge is 0.383 e. The third kappa shape index (κ3) is 6.55. The second kappa shape index (κ2) is 10.1. The van der Waals surface area contributed by atoms with Crippen molar-refractivity contribution in [1.82, 2.24) is 25.4 Å². The van der Waals surface area contributed by atoms with Gasteiger partial charge in [0.05, 0.1) is 30.0 Å². The number of aliphatic hydroxyl groups is 1. The van der Waals surface area contributed by atoms with Crippen molar-refractivity contribution in [3.8, 4) is 0 Å². The molecule has 2 heterocycles. The molecule has 0 aromatic carbocycles. The number of rotatable bonds is 7. The lowest BCUT2D eigenvalue weighted by Crippen LogP contribution is -2.44. The molecule has 0 aliphatic carbocycles. The maximum absolute atomic E-state index is 10.6. The topological polar surface area (TPSA) is 87.4 Å². The van der Waals surface area contributed by atoms with Gasteiger partial charge in [0.2, 0.25) is 0 Å². The molecule has 2 aromatic rings. The minimum atomic E-state index is -1.03. The van der Waals surface area contributed by atoms with Gasteiger partial charge in [-0.2, -0.15) is 5.10 Å². The third-order valence-electron chi connectivity index (χ3n) is 3.57. The molecule has 0 fully saturated rings. The quantitative estimate of drug-likeness (QED) is 0.322. The zero-order chi connectivity index (χ0) is 17.6. The summed E-state index contributed by atoms with van der Waals surface area (Å²) in [6.07, 6.45) is 4.43. The molecule has 0 spiro atoms. The van der Waals surface area contributed by atoms with Crippen LogP contribution in [0.2, 0.25) is 0 Å². The number of hydrogen-bond donors (Lipinski definition) is 3. The Morgan fingerprint density at radius 2 is 2.16 bits per heavy atom. The van der Waals surface area contributed by atoms with Crippen molar-refractivity contribution in [2.45, 2.75) is 39.3 Å². The smallest absolute Gasteiger partial charge is 0.191 e. The van der Waals surface area contributed by atoms with Crippen molar-refractivity contribution in [3.63, 3.8) is 0 Å². The molecule has 9 heteroatoms. The summed E-state index contributed by atoms with van der Waals surface area (Å²) < 4.78 is 1.68. The summed E-state index contributed by atoms with van der Waals surface area (Å²) in [7, 11) is 1.83. The zero-order valence-electron chi connectivity index (χ0n) is 15.1. The maximum atomic E-state index is 10.6. The Labute approximate surface area is 170 Å². The van der Waals surface area contributed by atoms with Crippen LogP contribution in [0.1, 0.15) is 37.0 Å². The Bertz CT molecular complexity index is 682. The van der Waals surface area contributed by atoms with Gasteiger partial charge in [0, 0.05) is 30.7 Å². The molecule has 140 valence electrons. The molecule has 1 atom stereocenters. The number of aromatic nitrogens is 3. The second-order valence-corrected chi connectivity index (χ2v) is 6.75. The molecule has 25 heavy (non-hydrogen) atoms. The highest BCUT2D eigenvalue weighted by Crippen LogP contribution is 2.18. The number of nitrogens with one attached hydrogen (secondary N) is 2. The number of thiazole rings is 1. The van der Waals surface area contributed by atoms with Crippen molar-refractivity contribution in [1.29, 1.82) is 0 Å². The van der Waals surface area contributed by atoms with Crippen molar-refractivity contribution in [2.24, 2.45) is 12.0 Å². The maximum Gasteiger partial charge on any atom is 0.191 e. The van der Waals surface area contributed by atoms with Gasteiger partial charge in [-0.3, -0.25) is 4.68 Å². The molecule has 0 saturated carbocycles. The number of nitrogens with zero attached hydrogens (tertiary/aromatic N) is 4. The van der Waals surface area contributed by atoms with E-state index < -0.39 is 5.60 Å². The van der Waals surface area contributed by atoms with Crippen molar-refractivity contribution in [2.75, 3.05) is 13.1 Å². The average Bonchev–Trinajstić information content (AvgIpc) is 3.19. The van der Waals surface area contributed by atoms with Gasteiger partial charge < -0.3 is 15.7 Å². The molecule has 0 aliphatic rings. The van der Waals surface area contributed by atoms with Crippen LogP contribution in [0, 0.1) is 0 Å². The molecule has 0 bridgehead atoms. The third-order valence-corrected chi connectivity index (χ3v) is 4.61. The minimum absolute atomic E-state index is 0. The van der Waals surface area contributed by atoms with Crippen LogP contribution in [0.5, 0.6) is 0 Å². The van der Waals surface area contributed by atoms with Crippen molar-refractivity contribution < 1.29 is 5.11 Å². The van der Waals surface area contributed by atoms with Crippen LogP contribution in [0.3, 0.4) is 0 Å². The molecule has 7 nitrogen and oxygen atoms in total. The van der Waals surface area contributed by atoms with E-state index in [0.717, 1.165) is 29.2 Å². The highest BCUT2D eigenvalue weighted by molar-refractivity contribution is 14.0. The molecule has 2 aromatic heterocycles. The summed E-state index contributed by atoms with van der Waals surface area (Å²) in [6, 6.07) is 0. The summed E-state index contributed by atoms with van der Waals surface area (Å²) in [4.78, 5) is 9.06.